The maximum absolute atomic E-state index is 12.5. The van der Waals surface area contributed by atoms with E-state index < -0.39 is 0 Å². The van der Waals surface area contributed by atoms with Crippen molar-refractivity contribution in [1.82, 2.24) is 19.9 Å². The van der Waals surface area contributed by atoms with Crippen molar-refractivity contribution in [1.29, 1.82) is 5.26 Å². The summed E-state index contributed by atoms with van der Waals surface area (Å²) in [5.41, 5.74) is 1.46. The third-order valence-corrected chi connectivity index (χ3v) is 4.60. The highest BCUT2D eigenvalue weighted by Gasteiger charge is 2.12. The number of nitrogens with zero attached hydrogens (tertiary/aromatic N) is 4. The van der Waals surface area contributed by atoms with Gasteiger partial charge >= 0.3 is 0 Å². The van der Waals surface area contributed by atoms with Gasteiger partial charge in [-0.2, -0.15) is 5.26 Å². The first-order valence-corrected chi connectivity index (χ1v) is 9.23. The Labute approximate surface area is 176 Å². The molecule has 0 amide bonds. The largest absolute Gasteiger partial charge is 0.493 e. The van der Waals surface area contributed by atoms with Crippen LogP contribution in [0.3, 0.4) is 0 Å². The average molecular weight is 418 g/mol. The number of ether oxygens (including phenoxy) is 3. The van der Waals surface area contributed by atoms with Crippen LogP contribution in [0.2, 0.25) is 0 Å². The van der Waals surface area contributed by atoms with Gasteiger partial charge in [0, 0.05) is 11.5 Å². The molecule has 0 unspecified atom stereocenters. The molecule has 0 saturated heterocycles. The van der Waals surface area contributed by atoms with Gasteiger partial charge in [0.25, 0.3) is 5.56 Å². The van der Waals surface area contributed by atoms with Crippen molar-refractivity contribution in [3.63, 3.8) is 0 Å². The maximum atomic E-state index is 12.5. The summed E-state index contributed by atoms with van der Waals surface area (Å²) in [6.07, 6.45) is 0. The molecule has 0 aliphatic rings. The summed E-state index contributed by atoms with van der Waals surface area (Å²) < 4.78 is 15.9. The third kappa shape index (κ3) is 3.89. The molecule has 4 rings (SSSR count). The lowest BCUT2D eigenvalue weighted by Gasteiger charge is -2.12. The first-order chi connectivity index (χ1) is 15.0. The Morgan fingerprint density at radius 1 is 1.03 bits per heavy atom. The SMILES string of the molecule is COc1cc2nc(Nc3nc4ccc(OCC#N)cc4c(=O)[nH]3)nc(C)c2cc1OC. The molecule has 4 aromatic rings. The predicted octanol–water partition coefficient (Wildman–Crippen LogP) is 2.84. The fraction of sp³-hybridized carbons (Fsp3) is 0.190. The molecule has 0 radical (unpaired) electrons. The number of fused-ring (bicyclic) bond motifs is 2. The van der Waals surface area contributed by atoms with Gasteiger partial charge in [0.05, 0.1) is 36.3 Å². The minimum absolute atomic E-state index is 0.105. The van der Waals surface area contributed by atoms with E-state index in [1.165, 1.54) is 0 Å². The Kier molecular flexibility index (Phi) is 5.24. The number of anilines is 2. The number of nitriles is 1. The molecule has 2 N–H and O–H groups in total. The molecular weight excluding hydrogens is 400 g/mol. The summed E-state index contributed by atoms with van der Waals surface area (Å²) in [5.74, 6) is 2.02. The third-order valence-electron chi connectivity index (χ3n) is 4.60. The number of hydrogen-bond donors (Lipinski definition) is 2. The number of benzene rings is 2. The number of rotatable bonds is 6. The molecule has 0 aliphatic heterocycles. The van der Waals surface area contributed by atoms with Crippen molar-refractivity contribution < 1.29 is 14.2 Å². The van der Waals surface area contributed by atoms with Gasteiger partial charge in [0.2, 0.25) is 11.9 Å². The Bertz CT molecular complexity index is 1390. The van der Waals surface area contributed by atoms with Gasteiger partial charge in [-0.15, -0.1) is 0 Å². The molecule has 10 heteroatoms. The summed E-state index contributed by atoms with van der Waals surface area (Å²) >= 11 is 0. The molecule has 0 saturated carbocycles. The summed E-state index contributed by atoms with van der Waals surface area (Å²) in [4.78, 5) is 28.6. The van der Waals surface area contributed by atoms with Crippen molar-refractivity contribution in [2.24, 2.45) is 0 Å². The standard InChI is InChI=1S/C21H18N6O4/c1-11-13-9-17(29-2)18(30-3)10-16(13)25-20(23-11)27-21-24-15-5-4-12(31-7-6-22)8-14(15)19(28)26-21/h4-5,8-10H,7H2,1-3H3,(H2,23,24,25,26,27,28). The van der Waals surface area contributed by atoms with Crippen LogP contribution >= 0.6 is 0 Å². The van der Waals surface area contributed by atoms with E-state index in [4.69, 9.17) is 19.5 Å². The number of aromatic amines is 1. The van der Waals surface area contributed by atoms with Crippen LogP contribution in [0.15, 0.2) is 35.1 Å². The fourth-order valence-electron chi connectivity index (χ4n) is 3.15. The molecule has 2 heterocycles. The van der Waals surface area contributed by atoms with E-state index in [0.717, 1.165) is 11.1 Å². The lowest BCUT2D eigenvalue weighted by atomic mass is 10.1. The first-order valence-electron chi connectivity index (χ1n) is 9.23. The van der Waals surface area contributed by atoms with Crippen LogP contribution in [0.4, 0.5) is 11.9 Å². The van der Waals surface area contributed by atoms with Crippen LogP contribution in [0.25, 0.3) is 21.8 Å². The van der Waals surface area contributed by atoms with E-state index in [-0.39, 0.29) is 24.1 Å². The van der Waals surface area contributed by atoms with Crippen molar-refractivity contribution in [2.75, 3.05) is 26.1 Å². The van der Waals surface area contributed by atoms with Crippen LogP contribution in [0.1, 0.15) is 5.69 Å². The summed E-state index contributed by atoms with van der Waals surface area (Å²) in [5, 5.41) is 12.7. The minimum Gasteiger partial charge on any atom is -0.493 e. The van der Waals surface area contributed by atoms with E-state index in [1.54, 1.807) is 38.5 Å². The highest BCUT2D eigenvalue weighted by Crippen LogP contribution is 2.33. The predicted molar refractivity (Wildman–Crippen MR) is 114 cm³/mol. The highest BCUT2D eigenvalue weighted by atomic mass is 16.5. The summed E-state index contributed by atoms with van der Waals surface area (Å²) in [6.45, 7) is 1.74. The number of H-pyrrole nitrogens is 1. The Morgan fingerprint density at radius 2 is 1.81 bits per heavy atom. The number of hydrogen-bond acceptors (Lipinski definition) is 9. The lowest BCUT2D eigenvalue weighted by molar-refractivity contribution is 0.355. The lowest BCUT2D eigenvalue weighted by Crippen LogP contribution is -2.12. The van der Waals surface area contributed by atoms with E-state index in [9.17, 15) is 4.79 Å². The molecule has 31 heavy (non-hydrogen) atoms. The van der Waals surface area contributed by atoms with Gasteiger partial charge in [-0.05, 0) is 31.2 Å². The number of aromatic nitrogens is 4. The molecule has 0 aliphatic carbocycles. The molecular formula is C21H18N6O4. The van der Waals surface area contributed by atoms with Gasteiger partial charge in [0.15, 0.2) is 18.1 Å². The average Bonchev–Trinajstić information content (AvgIpc) is 2.77. The van der Waals surface area contributed by atoms with Crippen LogP contribution < -0.4 is 25.1 Å². The maximum Gasteiger partial charge on any atom is 0.260 e. The summed E-state index contributed by atoms with van der Waals surface area (Å²) in [7, 11) is 3.12. The van der Waals surface area contributed by atoms with Crippen molar-refractivity contribution in [2.45, 2.75) is 6.92 Å². The Balaban J connectivity index is 1.71. The zero-order chi connectivity index (χ0) is 22.0. The molecule has 0 spiro atoms. The van der Waals surface area contributed by atoms with Gasteiger partial charge in [-0.25, -0.2) is 15.0 Å². The molecule has 2 aromatic heterocycles. The quantitative estimate of drug-likeness (QED) is 0.484. The molecule has 10 nitrogen and oxygen atoms in total. The zero-order valence-electron chi connectivity index (χ0n) is 17.0. The molecule has 2 aromatic carbocycles. The monoisotopic (exact) mass is 418 g/mol. The normalized spacial score (nSPS) is 10.6. The molecule has 156 valence electrons. The van der Waals surface area contributed by atoms with Gasteiger partial charge in [0.1, 0.15) is 11.8 Å². The van der Waals surface area contributed by atoms with Crippen LogP contribution in [-0.2, 0) is 0 Å². The number of nitrogens with one attached hydrogen (secondary N) is 2. The minimum atomic E-state index is -0.362. The van der Waals surface area contributed by atoms with E-state index in [1.807, 2.05) is 19.1 Å². The van der Waals surface area contributed by atoms with Gasteiger partial charge in [-0.3, -0.25) is 15.1 Å². The van der Waals surface area contributed by atoms with Crippen LogP contribution in [0, 0.1) is 18.3 Å². The second-order valence-corrected chi connectivity index (χ2v) is 6.52. The smallest absolute Gasteiger partial charge is 0.260 e. The van der Waals surface area contributed by atoms with Crippen molar-refractivity contribution in [3.05, 3.63) is 46.4 Å². The van der Waals surface area contributed by atoms with E-state index in [0.29, 0.717) is 33.7 Å². The van der Waals surface area contributed by atoms with Gasteiger partial charge < -0.3 is 14.2 Å². The van der Waals surface area contributed by atoms with Crippen LogP contribution in [0.5, 0.6) is 17.2 Å². The second-order valence-electron chi connectivity index (χ2n) is 6.52. The van der Waals surface area contributed by atoms with Crippen molar-refractivity contribution in [3.8, 4) is 23.3 Å². The summed E-state index contributed by atoms with van der Waals surface area (Å²) in [6, 6.07) is 10.3. The Morgan fingerprint density at radius 3 is 2.55 bits per heavy atom. The molecule has 0 atom stereocenters. The Hall–Kier alpha value is -4.39. The molecule has 0 bridgehead atoms. The van der Waals surface area contributed by atoms with Crippen LogP contribution in [-0.4, -0.2) is 40.8 Å². The first kappa shape index (κ1) is 19.9. The fourth-order valence-corrected chi connectivity index (χ4v) is 3.15. The van der Waals surface area contributed by atoms with E-state index >= 15 is 0 Å². The van der Waals surface area contributed by atoms with Gasteiger partial charge in [-0.1, -0.05) is 0 Å². The van der Waals surface area contributed by atoms with E-state index in [2.05, 4.69) is 25.3 Å². The zero-order valence-corrected chi connectivity index (χ0v) is 17.0. The highest BCUT2D eigenvalue weighted by molar-refractivity contribution is 5.86. The molecule has 0 fully saturated rings. The second kappa shape index (κ2) is 8.16. The van der Waals surface area contributed by atoms with Crippen molar-refractivity contribution >= 4 is 33.7 Å². The number of methoxy groups -OCH3 is 2. The topological polar surface area (TPSA) is 135 Å². The number of aryl methyl sites for hydroxylation is 1.